The molecule has 0 aliphatic carbocycles. The topological polar surface area (TPSA) is 33.7 Å². The van der Waals surface area contributed by atoms with Crippen LogP contribution < -0.4 is 14.8 Å². The first-order valence-corrected chi connectivity index (χ1v) is 7.43. The average Bonchev–Trinajstić information content (AvgIpc) is 2.47. The number of hydrogen-bond acceptors (Lipinski definition) is 4. The Morgan fingerprint density at radius 1 is 1.20 bits per heavy atom. The second kappa shape index (κ2) is 7.50. The lowest BCUT2D eigenvalue weighted by atomic mass is 10.1. The second-order valence-electron chi connectivity index (χ2n) is 5.53. The Balaban J connectivity index is 1.67. The van der Waals surface area contributed by atoms with Crippen LogP contribution in [0.5, 0.6) is 11.5 Å². The van der Waals surface area contributed by atoms with Crippen LogP contribution in [0.15, 0.2) is 24.3 Å². The van der Waals surface area contributed by atoms with Crippen molar-refractivity contribution < 1.29 is 9.47 Å². The highest BCUT2D eigenvalue weighted by Gasteiger charge is 2.21. The molecule has 0 bridgehead atoms. The summed E-state index contributed by atoms with van der Waals surface area (Å²) in [6, 6.07) is 8.97. The fraction of sp³-hybridized carbons (Fsp3) is 0.625. The summed E-state index contributed by atoms with van der Waals surface area (Å²) in [5.41, 5.74) is 0. The second-order valence-corrected chi connectivity index (χ2v) is 5.53. The highest BCUT2D eigenvalue weighted by molar-refractivity contribution is 5.31. The van der Waals surface area contributed by atoms with Gasteiger partial charge in [0.2, 0.25) is 0 Å². The van der Waals surface area contributed by atoms with Gasteiger partial charge in [-0.05, 0) is 44.5 Å². The van der Waals surface area contributed by atoms with Crippen LogP contribution >= 0.6 is 0 Å². The van der Waals surface area contributed by atoms with E-state index in [1.54, 1.807) is 7.11 Å². The van der Waals surface area contributed by atoms with E-state index in [4.69, 9.17) is 9.47 Å². The van der Waals surface area contributed by atoms with E-state index in [2.05, 4.69) is 24.1 Å². The minimum absolute atomic E-state index is 0.591. The monoisotopic (exact) mass is 278 g/mol. The van der Waals surface area contributed by atoms with E-state index >= 15 is 0 Å². The summed E-state index contributed by atoms with van der Waals surface area (Å²) in [5, 5.41) is 3.50. The minimum Gasteiger partial charge on any atom is -0.497 e. The van der Waals surface area contributed by atoms with Gasteiger partial charge in [-0.1, -0.05) is 0 Å². The molecule has 1 fully saturated rings. The first-order chi connectivity index (χ1) is 9.69. The van der Waals surface area contributed by atoms with E-state index in [9.17, 15) is 0 Å². The highest BCUT2D eigenvalue weighted by Crippen LogP contribution is 2.17. The van der Waals surface area contributed by atoms with Crippen LogP contribution in [0.1, 0.15) is 20.3 Å². The lowest BCUT2D eigenvalue weighted by Gasteiger charge is -2.37. The number of methoxy groups -OCH3 is 1. The summed E-state index contributed by atoms with van der Waals surface area (Å²) in [6.45, 7) is 8.60. The summed E-state index contributed by atoms with van der Waals surface area (Å²) in [4.78, 5) is 2.54. The predicted octanol–water partition coefficient (Wildman–Crippen LogP) is 2.15. The van der Waals surface area contributed by atoms with Gasteiger partial charge in [-0.15, -0.1) is 0 Å². The van der Waals surface area contributed by atoms with Crippen LogP contribution in [-0.2, 0) is 0 Å². The van der Waals surface area contributed by atoms with Gasteiger partial charge in [0, 0.05) is 31.7 Å². The molecule has 2 rings (SSSR count). The lowest BCUT2D eigenvalue weighted by Crippen LogP contribution is -2.54. The number of nitrogens with one attached hydrogen (secondary N) is 1. The maximum absolute atomic E-state index is 5.76. The van der Waals surface area contributed by atoms with Crippen LogP contribution in [0.25, 0.3) is 0 Å². The van der Waals surface area contributed by atoms with Crippen molar-refractivity contribution in [2.24, 2.45) is 0 Å². The van der Waals surface area contributed by atoms with Crippen molar-refractivity contribution in [3.63, 3.8) is 0 Å². The number of piperazine rings is 1. The van der Waals surface area contributed by atoms with Gasteiger partial charge >= 0.3 is 0 Å². The molecule has 1 aromatic rings. The van der Waals surface area contributed by atoms with Crippen molar-refractivity contribution in [1.29, 1.82) is 0 Å². The Morgan fingerprint density at radius 3 is 2.60 bits per heavy atom. The van der Waals surface area contributed by atoms with Gasteiger partial charge < -0.3 is 14.8 Å². The Hall–Kier alpha value is -1.26. The number of benzene rings is 1. The zero-order chi connectivity index (χ0) is 14.4. The molecule has 4 heteroatoms. The largest absolute Gasteiger partial charge is 0.497 e. The maximum Gasteiger partial charge on any atom is 0.119 e. The molecule has 1 aromatic carbocycles. The SMILES string of the molecule is COc1ccc(OCCCN2CC(C)NCC2C)cc1. The molecule has 112 valence electrons. The maximum atomic E-state index is 5.76. The van der Waals surface area contributed by atoms with Crippen molar-refractivity contribution in [1.82, 2.24) is 10.2 Å². The van der Waals surface area contributed by atoms with Gasteiger partial charge in [-0.3, -0.25) is 4.90 Å². The standard InChI is InChI=1S/C16H26N2O2/c1-13-12-18(14(2)11-17-13)9-4-10-20-16-7-5-15(19-3)6-8-16/h5-8,13-14,17H,4,9-12H2,1-3H3. The number of hydrogen-bond donors (Lipinski definition) is 1. The van der Waals surface area contributed by atoms with E-state index in [1.165, 1.54) is 0 Å². The minimum atomic E-state index is 0.591. The normalized spacial score (nSPS) is 23.6. The third-order valence-electron chi connectivity index (χ3n) is 3.81. The lowest BCUT2D eigenvalue weighted by molar-refractivity contribution is 0.136. The van der Waals surface area contributed by atoms with E-state index < -0.39 is 0 Å². The van der Waals surface area contributed by atoms with Crippen molar-refractivity contribution >= 4 is 0 Å². The van der Waals surface area contributed by atoms with Gasteiger partial charge in [-0.25, -0.2) is 0 Å². The molecule has 4 nitrogen and oxygen atoms in total. The summed E-state index contributed by atoms with van der Waals surface area (Å²) in [7, 11) is 1.67. The molecule has 1 heterocycles. The third kappa shape index (κ3) is 4.39. The smallest absolute Gasteiger partial charge is 0.119 e. The van der Waals surface area contributed by atoms with Crippen molar-refractivity contribution in [3.05, 3.63) is 24.3 Å². The van der Waals surface area contributed by atoms with E-state index in [1.807, 2.05) is 24.3 Å². The zero-order valence-corrected chi connectivity index (χ0v) is 12.8. The molecule has 0 amide bonds. The van der Waals surface area contributed by atoms with Crippen LogP contribution in [0.2, 0.25) is 0 Å². The molecule has 0 spiro atoms. The van der Waals surface area contributed by atoms with Crippen LogP contribution in [0.3, 0.4) is 0 Å². The molecule has 20 heavy (non-hydrogen) atoms. The number of ether oxygens (including phenoxy) is 2. The first kappa shape index (κ1) is 15.1. The highest BCUT2D eigenvalue weighted by atomic mass is 16.5. The molecule has 0 radical (unpaired) electrons. The molecule has 1 saturated heterocycles. The summed E-state index contributed by atoms with van der Waals surface area (Å²) >= 11 is 0. The van der Waals surface area contributed by atoms with E-state index in [0.717, 1.165) is 44.2 Å². The fourth-order valence-electron chi connectivity index (χ4n) is 2.54. The Kier molecular flexibility index (Phi) is 5.68. The molecule has 1 aliphatic heterocycles. The number of nitrogens with zero attached hydrogens (tertiary/aromatic N) is 1. The van der Waals surface area contributed by atoms with Gasteiger partial charge in [0.25, 0.3) is 0 Å². The van der Waals surface area contributed by atoms with Gasteiger partial charge in [0.15, 0.2) is 0 Å². The van der Waals surface area contributed by atoms with Crippen LogP contribution in [0.4, 0.5) is 0 Å². The Morgan fingerprint density at radius 2 is 1.90 bits per heavy atom. The number of rotatable bonds is 6. The summed E-state index contributed by atoms with van der Waals surface area (Å²) in [5.74, 6) is 1.77. The molecule has 2 unspecified atom stereocenters. The van der Waals surface area contributed by atoms with Gasteiger partial charge in [-0.2, -0.15) is 0 Å². The molecule has 1 N–H and O–H groups in total. The van der Waals surface area contributed by atoms with E-state index in [-0.39, 0.29) is 0 Å². The summed E-state index contributed by atoms with van der Waals surface area (Å²) in [6.07, 6.45) is 1.06. The zero-order valence-electron chi connectivity index (χ0n) is 12.8. The molecule has 1 aliphatic rings. The Labute approximate surface area is 122 Å². The van der Waals surface area contributed by atoms with E-state index in [0.29, 0.717) is 12.1 Å². The van der Waals surface area contributed by atoms with Crippen molar-refractivity contribution in [2.45, 2.75) is 32.4 Å². The van der Waals surface area contributed by atoms with Crippen molar-refractivity contribution in [3.8, 4) is 11.5 Å². The third-order valence-corrected chi connectivity index (χ3v) is 3.81. The molecular formula is C16H26N2O2. The van der Waals surface area contributed by atoms with Crippen molar-refractivity contribution in [2.75, 3.05) is 33.4 Å². The quantitative estimate of drug-likeness (QED) is 0.809. The predicted molar refractivity (Wildman–Crippen MR) is 81.6 cm³/mol. The van der Waals surface area contributed by atoms with Gasteiger partial charge in [0.1, 0.15) is 11.5 Å². The molecule has 2 atom stereocenters. The fourth-order valence-corrected chi connectivity index (χ4v) is 2.54. The molecule has 0 saturated carbocycles. The molecular weight excluding hydrogens is 252 g/mol. The summed E-state index contributed by atoms with van der Waals surface area (Å²) < 4.78 is 10.9. The van der Waals surface area contributed by atoms with Crippen LogP contribution in [-0.4, -0.2) is 50.3 Å². The average molecular weight is 278 g/mol. The van der Waals surface area contributed by atoms with Gasteiger partial charge in [0.05, 0.1) is 13.7 Å². The van der Waals surface area contributed by atoms with Crippen LogP contribution in [0, 0.1) is 0 Å². The Bertz CT molecular complexity index is 394. The molecule has 0 aromatic heterocycles. The first-order valence-electron chi connectivity index (χ1n) is 7.43.